The predicted molar refractivity (Wildman–Crippen MR) is 68.6 cm³/mol. The molecule has 1 aromatic heterocycles. The van der Waals surface area contributed by atoms with Crippen molar-refractivity contribution in [3.8, 4) is 5.88 Å². The third-order valence-electron chi connectivity index (χ3n) is 2.38. The van der Waals surface area contributed by atoms with E-state index >= 15 is 0 Å². The van der Waals surface area contributed by atoms with Gasteiger partial charge in [-0.05, 0) is 5.56 Å². The van der Waals surface area contributed by atoms with Gasteiger partial charge in [0, 0.05) is 0 Å². The maximum Gasteiger partial charge on any atom is 0.358 e. The van der Waals surface area contributed by atoms with E-state index < -0.39 is 5.97 Å². The first-order valence-corrected chi connectivity index (χ1v) is 5.58. The van der Waals surface area contributed by atoms with E-state index in [1.165, 1.54) is 13.3 Å². The molecule has 1 heterocycles. The molecule has 2 N–H and O–H groups in total. The molecule has 0 saturated carbocycles. The minimum Gasteiger partial charge on any atom is -0.470 e. The molecule has 0 radical (unpaired) electrons. The van der Waals surface area contributed by atoms with Crippen LogP contribution in [0.1, 0.15) is 16.1 Å². The zero-order valence-corrected chi connectivity index (χ0v) is 10.4. The van der Waals surface area contributed by atoms with Gasteiger partial charge in [0.05, 0.1) is 13.3 Å². The molecule has 2 aromatic rings. The number of carbonyl (C=O) groups is 1. The maximum atomic E-state index is 11.3. The van der Waals surface area contributed by atoms with Gasteiger partial charge in [0.25, 0.3) is 5.88 Å². The van der Waals surface area contributed by atoms with E-state index in [0.717, 1.165) is 5.56 Å². The standard InChI is InChI=1S/C13H13N3O3/c1-18-13(17)10-7-15-11(14)12(16-10)19-8-9-5-3-2-4-6-9/h2-7H,8H2,1H3,(H2,14,15). The van der Waals surface area contributed by atoms with Gasteiger partial charge in [-0.1, -0.05) is 30.3 Å². The minimum absolute atomic E-state index is 0.0553. The topological polar surface area (TPSA) is 87.3 Å². The molecule has 6 heteroatoms. The average Bonchev–Trinajstić information content (AvgIpc) is 2.46. The zero-order valence-electron chi connectivity index (χ0n) is 10.4. The lowest BCUT2D eigenvalue weighted by Crippen LogP contribution is -2.09. The Hall–Kier alpha value is -2.63. The highest BCUT2D eigenvalue weighted by molar-refractivity contribution is 5.87. The van der Waals surface area contributed by atoms with E-state index in [0.29, 0.717) is 6.61 Å². The van der Waals surface area contributed by atoms with E-state index in [9.17, 15) is 4.79 Å². The first-order chi connectivity index (χ1) is 9.20. The van der Waals surface area contributed by atoms with Gasteiger partial charge in [-0.3, -0.25) is 0 Å². The van der Waals surface area contributed by atoms with Crippen LogP contribution in [-0.4, -0.2) is 23.0 Å². The van der Waals surface area contributed by atoms with Gasteiger partial charge in [-0.15, -0.1) is 0 Å². The zero-order chi connectivity index (χ0) is 13.7. The van der Waals surface area contributed by atoms with Crippen LogP contribution in [0.2, 0.25) is 0 Å². The third-order valence-corrected chi connectivity index (χ3v) is 2.38. The number of aromatic nitrogens is 2. The fourth-order valence-corrected chi connectivity index (χ4v) is 1.42. The molecule has 0 fully saturated rings. The van der Waals surface area contributed by atoms with Crippen LogP contribution in [0.4, 0.5) is 5.82 Å². The van der Waals surface area contributed by atoms with Crippen LogP contribution in [0.3, 0.4) is 0 Å². The van der Waals surface area contributed by atoms with Gasteiger partial charge in [0.2, 0.25) is 0 Å². The van der Waals surface area contributed by atoms with Crippen molar-refractivity contribution in [2.24, 2.45) is 0 Å². The molecule has 0 aliphatic rings. The SMILES string of the molecule is COC(=O)c1cnc(N)c(OCc2ccccc2)n1. The number of anilines is 1. The van der Waals surface area contributed by atoms with Gasteiger partial charge in [-0.2, -0.15) is 0 Å². The van der Waals surface area contributed by atoms with E-state index in [1.807, 2.05) is 30.3 Å². The molecule has 0 aliphatic carbocycles. The summed E-state index contributed by atoms with van der Waals surface area (Å²) in [5.41, 5.74) is 6.66. The van der Waals surface area contributed by atoms with Crippen LogP contribution in [0.5, 0.6) is 5.88 Å². The Kier molecular flexibility index (Phi) is 3.92. The number of nitrogens with two attached hydrogens (primary N) is 1. The molecule has 2 rings (SSSR count). The Morgan fingerprint density at radius 3 is 2.74 bits per heavy atom. The molecule has 0 aliphatic heterocycles. The lowest BCUT2D eigenvalue weighted by atomic mass is 10.2. The van der Waals surface area contributed by atoms with E-state index in [4.69, 9.17) is 10.5 Å². The van der Waals surface area contributed by atoms with Crippen molar-refractivity contribution in [1.29, 1.82) is 0 Å². The van der Waals surface area contributed by atoms with Crippen LogP contribution in [0, 0.1) is 0 Å². The second-order valence-electron chi connectivity index (χ2n) is 3.71. The summed E-state index contributed by atoms with van der Waals surface area (Å²) in [7, 11) is 1.27. The summed E-state index contributed by atoms with van der Waals surface area (Å²) in [6.45, 7) is 0.296. The molecule has 1 aromatic carbocycles. The van der Waals surface area contributed by atoms with Gasteiger partial charge >= 0.3 is 5.97 Å². The van der Waals surface area contributed by atoms with Gasteiger partial charge in [0.15, 0.2) is 11.5 Å². The first-order valence-electron chi connectivity index (χ1n) is 5.58. The van der Waals surface area contributed by atoms with Crippen molar-refractivity contribution in [3.05, 3.63) is 47.8 Å². The number of carbonyl (C=O) groups excluding carboxylic acids is 1. The Morgan fingerprint density at radius 1 is 1.32 bits per heavy atom. The molecule has 0 unspecified atom stereocenters. The van der Waals surface area contributed by atoms with Crippen LogP contribution in [0.15, 0.2) is 36.5 Å². The smallest absolute Gasteiger partial charge is 0.358 e. The van der Waals surface area contributed by atoms with E-state index in [2.05, 4.69) is 14.7 Å². The Morgan fingerprint density at radius 2 is 2.05 bits per heavy atom. The number of nitrogen functional groups attached to an aromatic ring is 1. The number of rotatable bonds is 4. The summed E-state index contributed by atoms with van der Waals surface area (Å²) in [5.74, 6) is -0.340. The summed E-state index contributed by atoms with van der Waals surface area (Å²) in [4.78, 5) is 19.2. The number of ether oxygens (including phenoxy) is 2. The predicted octanol–water partition coefficient (Wildman–Crippen LogP) is 1.42. The number of methoxy groups -OCH3 is 1. The second kappa shape index (κ2) is 5.81. The van der Waals surface area contributed by atoms with Crippen molar-refractivity contribution in [2.45, 2.75) is 6.61 Å². The highest BCUT2D eigenvalue weighted by Gasteiger charge is 2.12. The van der Waals surface area contributed by atoms with Crippen LogP contribution in [0.25, 0.3) is 0 Å². The quantitative estimate of drug-likeness (QED) is 0.835. The molecule has 0 atom stereocenters. The number of hydrogen-bond acceptors (Lipinski definition) is 6. The van der Waals surface area contributed by atoms with Crippen LogP contribution >= 0.6 is 0 Å². The van der Waals surface area contributed by atoms with Crippen LogP contribution in [-0.2, 0) is 11.3 Å². The van der Waals surface area contributed by atoms with Gasteiger partial charge < -0.3 is 15.2 Å². The summed E-state index contributed by atoms with van der Waals surface area (Å²) >= 11 is 0. The number of hydrogen-bond donors (Lipinski definition) is 1. The van der Waals surface area contributed by atoms with Crippen molar-refractivity contribution >= 4 is 11.8 Å². The molecule has 19 heavy (non-hydrogen) atoms. The molecular weight excluding hydrogens is 246 g/mol. The molecule has 0 bridgehead atoms. The fraction of sp³-hybridized carbons (Fsp3) is 0.154. The molecule has 0 amide bonds. The Bertz CT molecular complexity index is 573. The lowest BCUT2D eigenvalue weighted by Gasteiger charge is -2.08. The first kappa shape index (κ1) is 12.8. The summed E-state index contributed by atoms with van der Waals surface area (Å²) in [5, 5.41) is 0. The molecule has 6 nitrogen and oxygen atoms in total. The summed E-state index contributed by atoms with van der Waals surface area (Å²) < 4.78 is 10.0. The van der Waals surface area contributed by atoms with Crippen molar-refractivity contribution in [3.63, 3.8) is 0 Å². The average molecular weight is 259 g/mol. The maximum absolute atomic E-state index is 11.3. The van der Waals surface area contributed by atoms with Crippen molar-refractivity contribution in [2.75, 3.05) is 12.8 Å². The number of benzene rings is 1. The lowest BCUT2D eigenvalue weighted by molar-refractivity contribution is 0.0592. The van der Waals surface area contributed by atoms with Gasteiger partial charge in [0.1, 0.15) is 6.61 Å². The number of esters is 1. The van der Waals surface area contributed by atoms with E-state index in [1.54, 1.807) is 0 Å². The highest BCUT2D eigenvalue weighted by Crippen LogP contribution is 2.17. The Balaban J connectivity index is 2.13. The number of nitrogens with zero attached hydrogens (tertiary/aromatic N) is 2. The van der Waals surface area contributed by atoms with Crippen molar-refractivity contribution < 1.29 is 14.3 Å². The van der Waals surface area contributed by atoms with Crippen molar-refractivity contribution in [1.82, 2.24) is 9.97 Å². The third kappa shape index (κ3) is 3.19. The monoisotopic (exact) mass is 259 g/mol. The highest BCUT2D eigenvalue weighted by atomic mass is 16.5. The molecule has 98 valence electrons. The summed E-state index contributed by atoms with van der Waals surface area (Å²) in [6, 6.07) is 9.54. The Labute approximate surface area is 110 Å². The van der Waals surface area contributed by atoms with Crippen LogP contribution < -0.4 is 10.5 Å². The second-order valence-corrected chi connectivity index (χ2v) is 3.71. The van der Waals surface area contributed by atoms with Gasteiger partial charge in [-0.25, -0.2) is 14.8 Å². The fourth-order valence-electron chi connectivity index (χ4n) is 1.42. The molecule has 0 saturated heterocycles. The summed E-state index contributed by atoms with van der Waals surface area (Å²) in [6.07, 6.45) is 1.25. The normalized spacial score (nSPS) is 9.95. The minimum atomic E-state index is -0.586. The molecular formula is C13H13N3O3. The van der Waals surface area contributed by atoms with E-state index in [-0.39, 0.29) is 17.4 Å². The largest absolute Gasteiger partial charge is 0.470 e. The molecule has 0 spiro atoms.